The minimum Gasteiger partial charge on any atom is -0.391 e. The second kappa shape index (κ2) is 7.40. The zero-order valence-electron chi connectivity index (χ0n) is 16.7. The van der Waals surface area contributed by atoms with Gasteiger partial charge in [0.2, 0.25) is 0 Å². The minimum atomic E-state index is -0.414. The summed E-state index contributed by atoms with van der Waals surface area (Å²) < 4.78 is 3.37. The van der Waals surface area contributed by atoms with Gasteiger partial charge in [-0.1, -0.05) is 11.6 Å². The third-order valence-electron chi connectivity index (χ3n) is 5.58. The Morgan fingerprint density at radius 1 is 1.45 bits per heavy atom. The van der Waals surface area contributed by atoms with E-state index in [1.54, 1.807) is 31.0 Å². The number of carbonyl (C=O) groups is 1. The summed E-state index contributed by atoms with van der Waals surface area (Å²) in [5.41, 5.74) is 8.17. The number of amides is 1. The first-order chi connectivity index (χ1) is 14.9. The monoisotopic (exact) mass is 440 g/mol. The first-order valence-electron chi connectivity index (χ1n) is 9.91. The average molecular weight is 441 g/mol. The lowest BCUT2D eigenvalue weighted by atomic mass is 10.1. The number of nitrogens with one attached hydrogen (secondary N) is 1. The SMILES string of the molecule is CC(NC(=O)c1c(N)nn2cccnc12)c1cc(Cl)c2cncn2c1N1CCC(O)C1. The highest BCUT2D eigenvalue weighted by molar-refractivity contribution is 6.34. The number of nitrogen functional groups attached to an aromatic ring is 1. The largest absolute Gasteiger partial charge is 0.391 e. The fraction of sp³-hybridized carbons (Fsp3) is 0.300. The fourth-order valence-corrected chi connectivity index (χ4v) is 4.37. The number of aliphatic hydroxyl groups is 1. The summed E-state index contributed by atoms with van der Waals surface area (Å²) in [7, 11) is 0. The van der Waals surface area contributed by atoms with Gasteiger partial charge in [-0.25, -0.2) is 14.5 Å². The number of halogens is 1. The molecule has 160 valence electrons. The fourth-order valence-electron chi connectivity index (χ4n) is 4.11. The number of nitrogens with zero attached hydrogens (tertiary/aromatic N) is 6. The van der Waals surface area contributed by atoms with Crippen molar-refractivity contribution in [3.05, 3.63) is 53.2 Å². The Bertz CT molecular complexity index is 1300. The Kier molecular flexibility index (Phi) is 4.67. The van der Waals surface area contributed by atoms with Gasteiger partial charge < -0.3 is 21.1 Å². The number of anilines is 2. The third-order valence-corrected chi connectivity index (χ3v) is 5.88. The first kappa shape index (κ1) is 19.6. The maximum Gasteiger partial charge on any atom is 0.259 e. The number of hydrogen-bond donors (Lipinski definition) is 3. The quantitative estimate of drug-likeness (QED) is 0.440. The molecule has 1 saturated heterocycles. The van der Waals surface area contributed by atoms with Crippen molar-refractivity contribution in [3.63, 3.8) is 0 Å². The normalized spacial score (nSPS) is 17.5. The second-order valence-corrected chi connectivity index (χ2v) is 8.06. The van der Waals surface area contributed by atoms with Gasteiger partial charge >= 0.3 is 0 Å². The molecule has 11 heteroatoms. The van der Waals surface area contributed by atoms with E-state index < -0.39 is 12.1 Å². The van der Waals surface area contributed by atoms with E-state index in [4.69, 9.17) is 17.3 Å². The number of aliphatic hydroxyl groups excluding tert-OH is 1. The van der Waals surface area contributed by atoms with E-state index in [-0.39, 0.29) is 17.3 Å². The molecule has 1 aliphatic heterocycles. The number of aromatic nitrogens is 5. The van der Waals surface area contributed by atoms with E-state index in [9.17, 15) is 9.90 Å². The molecule has 5 rings (SSSR count). The first-order valence-corrected chi connectivity index (χ1v) is 10.3. The van der Waals surface area contributed by atoms with Crippen molar-refractivity contribution in [3.8, 4) is 0 Å². The molecule has 0 spiro atoms. The number of rotatable bonds is 4. The summed E-state index contributed by atoms with van der Waals surface area (Å²) in [5, 5.41) is 17.7. The number of β-amino-alcohol motifs (C(OH)–C–C–N with tert-alkyl or cyclic N) is 1. The summed E-state index contributed by atoms with van der Waals surface area (Å²) in [6, 6.07) is 3.13. The molecule has 0 radical (unpaired) electrons. The van der Waals surface area contributed by atoms with Crippen molar-refractivity contribution < 1.29 is 9.90 Å². The summed E-state index contributed by atoms with van der Waals surface area (Å²) in [6.45, 7) is 3.06. The van der Waals surface area contributed by atoms with Gasteiger partial charge in [-0.15, -0.1) is 5.10 Å². The maximum atomic E-state index is 13.1. The molecule has 0 bridgehead atoms. The van der Waals surface area contributed by atoms with Crippen LogP contribution in [0.2, 0.25) is 5.02 Å². The van der Waals surface area contributed by atoms with Crippen LogP contribution in [0.3, 0.4) is 0 Å². The van der Waals surface area contributed by atoms with Gasteiger partial charge in [0.25, 0.3) is 5.91 Å². The smallest absolute Gasteiger partial charge is 0.259 e. The van der Waals surface area contributed by atoms with Crippen LogP contribution in [0.1, 0.15) is 35.3 Å². The van der Waals surface area contributed by atoms with Crippen LogP contribution in [0.15, 0.2) is 37.1 Å². The van der Waals surface area contributed by atoms with Gasteiger partial charge in [-0.2, -0.15) is 0 Å². The van der Waals surface area contributed by atoms with Crippen LogP contribution in [0.5, 0.6) is 0 Å². The second-order valence-electron chi connectivity index (χ2n) is 7.65. The van der Waals surface area contributed by atoms with E-state index in [1.165, 1.54) is 4.52 Å². The molecular weight excluding hydrogens is 420 g/mol. The van der Waals surface area contributed by atoms with Gasteiger partial charge in [-0.05, 0) is 25.5 Å². The van der Waals surface area contributed by atoms with E-state index in [0.717, 1.165) is 16.9 Å². The van der Waals surface area contributed by atoms with Crippen molar-refractivity contribution in [1.82, 2.24) is 29.3 Å². The van der Waals surface area contributed by atoms with Crippen molar-refractivity contribution in [2.45, 2.75) is 25.5 Å². The van der Waals surface area contributed by atoms with Gasteiger partial charge in [0, 0.05) is 31.0 Å². The van der Waals surface area contributed by atoms with Crippen LogP contribution in [0.4, 0.5) is 11.6 Å². The Morgan fingerprint density at radius 3 is 3.06 bits per heavy atom. The van der Waals surface area contributed by atoms with E-state index >= 15 is 0 Å². The molecule has 0 aromatic carbocycles. The van der Waals surface area contributed by atoms with Crippen LogP contribution < -0.4 is 16.0 Å². The molecule has 1 fully saturated rings. The Morgan fingerprint density at radius 2 is 2.29 bits per heavy atom. The Labute approximate surface area is 182 Å². The van der Waals surface area contributed by atoms with Gasteiger partial charge in [0.15, 0.2) is 11.5 Å². The molecule has 2 unspecified atom stereocenters. The predicted molar refractivity (Wildman–Crippen MR) is 116 cm³/mol. The summed E-state index contributed by atoms with van der Waals surface area (Å²) >= 11 is 6.51. The zero-order chi connectivity index (χ0) is 21.7. The van der Waals surface area contributed by atoms with Crippen LogP contribution in [-0.4, -0.2) is 54.2 Å². The molecule has 5 heterocycles. The number of fused-ring (bicyclic) bond motifs is 2. The molecule has 4 aromatic heterocycles. The number of pyridine rings is 1. The van der Waals surface area contributed by atoms with Crippen LogP contribution >= 0.6 is 11.6 Å². The highest BCUT2D eigenvalue weighted by Gasteiger charge is 2.28. The molecule has 10 nitrogen and oxygen atoms in total. The molecule has 2 atom stereocenters. The molecule has 1 amide bonds. The van der Waals surface area contributed by atoms with Gasteiger partial charge in [-0.3, -0.25) is 9.20 Å². The van der Waals surface area contributed by atoms with E-state index in [2.05, 4.69) is 25.3 Å². The Hall–Kier alpha value is -3.37. The summed E-state index contributed by atoms with van der Waals surface area (Å²) in [6.07, 6.45) is 6.91. The molecule has 0 aliphatic carbocycles. The molecule has 4 N–H and O–H groups in total. The molecule has 4 aromatic rings. The zero-order valence-corrected chi connectivity index (χ0v) is 17.5. The molecule has 0 saturated carbocycles. The highest BCUT2D eigenvalue weighted by atomic mass is 35.5. The highest BCUT2D eigenvalue weighted by Crippen LogP contribution is 2.34. The minimum absolute atomic E-state index is 0.106. The van der Waals surface area contributed by atoms with Gasteiger partial charge in [0.05, 0.1) is 28.9 Å². The summed E-state index contributed by atoms with van der Waals surface area (Å²) in [4.78, 5) is 23.7. The number of imidazole rings is 1. The van der Waals surface area contributed by atoms with Gasteiger partial charge in [0.1, 0.15) is 17.7 Å². The van der Waals surface area contributed by atoms with Crippen molar-refractivity contribution in [2.24, 2.45) is 0 Å². The lowest BCUT2D eigenvalue weighted by Crippen LogP contribution is -2.31. The van der Waals surface area contributed by atoms with E-state index in [1.807, 2.05) is 17.4 Å². The van der Waals surface area contributed by atoms with E-state index in [0.29, 0.717) is 30.2 Å². The topological polar surface area (TPSA) is 126 Å². The number of carbonyl (C=O) groups excluding carboxylic acids is 1. The summed E-state index contributed by atoms with van der Waals surface area (Å²) in [5.74, 6) is 0.564. The van der Waals surface area contributed by atoms with Crippen LogP contribution in [0.25, 0.3) is 11.2 Å². The van der Waals surface area contributed by atoms with Crippen molar-refractivity contribution in [2.75, 3.05) is 23.7 Å². The number of nitrogens with two attached hydrogens (primary N) is 1. The average Bonchev–Trinajstić information content (AvgIpc) is 3.45. The standard InChI is InChI=1S/C20H21ClN8O2/c1-11(25-19(31)16-17(22)26-29-5-2-4-24-18(16)29)13-7-14(21)15-8-23-10-28(15)20(13)27-6-3-12(30)9-27/h2,4-5,7-8,10-12,30H,3,6,9H2,1H3,(H2,22,26)(H,25,31). The predicted octanol–water partition coefficient (Wildman–Crippen LogP) is 1.67. The molecular formula is C20H21ClN8O2. The van der Waals surface area contributed by atoms with Crippen molar-refractivity contribution in [1.29, 1.82) is 0 Å². The molecule has 31 heavy (non-hydrogen) atoms. The lowest BCUT2D eigenvalue weighted by molar-refractivity contribution is 0.0942. The maximum absolute atomic E-state index is 13.1. The lowest BCUT2D eigenvalue weighted by Gasteiger charge is -2.26. The number of hydrogen-bond acceptors (Lipinski definition) is 7. The molecule has 1 aliphatic rings. The third kappa shape index (κ3) is 3.24. The Balaban J connectivity index is 1.54. The van der Waals surface area contributed by atoms with Crippen molar-refractivity contribution >= 4 is 40.3 Å². The van der Waals surface area contributed by atoms with Crippen LogP contribution in [-0.2, 0) is 0 Å². The van der Waals surface area contributed by atoms with Crippen LogP contribution in [0, 0.1) is 0 Å².